The minimum atomic E-state index is -0.494. The summed E-state index contributed by atoms with van der Waals surface area (Å²) < 4.78 is 19.5. The van der Waals surface area contributed by atoms with Crippen molar-refractivity contribution in [1.82, 2.24) is 14.7 Å². The Bertz CT molecular complexity index is 1270. The summed E-state index contributed by atoms with van der Waals surface area (Å²) in [5, 5.41) is 0. The van der Waals surface area contributed by atoms with Crippen molar-refractivity contribution in [3.63, 3.8) is 0 Å². The van der Waals surface area contributed by atoms with E-state index < -0.39 is 5.82 Å². The zero-order valence-electron chi connectivity index (χ0n) is 22.0. The smallest absolute Gasteiger partial charge is 0.256 e. The Kier molecular flexibility index (Phi) is 9.27. The van der Waals surface area contributed by atoms with Gasteiger partial charge in [-0.25, -0.2) is 4.39 Å². The molecule has 0 aromatic heterocycles. The van der Waals surface area contributed by atoms with Crippen LogP contribution in [0.15, 0.2) is 78.9 Å². The van der Waals surface area contributed by atoms with Gasteiger partial charge in [0.05, 0.1) is 12.7 Å². The molecule has 0 radical (unpaired) electrons. The largest absolute Gasteiger partial charge is 0.496 e. The van der Waals surface area contributed by atoms with Crippen LogP contribution in [0.4, 0.5) is 4.39 Å². The molecule has 3 aromatic carbocycles. The molecule has 38 heavy (non-hydrogen) atoms. The summed E-state index contributed by atoms with van der Waals surface area (Å²) in [4.78, 5) is 31.9. The number of hydrogen-bond donors (Lipinski definition) is 0. The maximum atomic E-state index is 14.1. The van der Waals surface area contributed by atoms with Gasteiger partial charge in [-0.1, -0.05) is 60.2 Å². The fraction of sp³-hybridized carbons (Fsp3) is 0.290. The molecule has 1 aliphatic rings. The zero-order valence-corrected chi connectivity index (χ0v) is 22.0. The monoisotopic (exact) mass is 515 g/mol. The van der Waals surface area contributed by atoms with Crippen LogP contribution >= 0.6 is 0 Å². The molecule has 0 N–H and O–H groups in total. The van der Waals surface area contributed by atoms with Crippen molar-refractivity contribution in [3.8, 4) is 5.75 Å². The number of ether oxygens (including phenoxy) is 1. The van der Waals surface area contributed by atoms with Gasteiger partial charge in [0.2, 0.25) is 0 Å². The molecule has 0 saturated carbocycles. The van der Waals surface area contributed by atoms with Gasteiger partial charge in [-0.2, -0.15) is 0 Å². The molecule has 1 saturated heterocycles. The SMILES string of the molecule is COc1ccccc1/C=C/CN(CCN1CCN(C(=O)c2ccccc2F)CC1)C(=O)c1ccc(C)cc1. The van der Waals surface area contributed by atoms with Crippen molar-refractivity contribution in [1.29, 1.82) is 0 Å². The minimum absolute atomic E-state index is 0.0250. The highest BCUT2D eigenvalue weighted by Crippen LogP contribution is 2.19. The second kappa shape index (κ2) is 13.0. The Morgan fingerprint density at radius 1 is 0.947 bits per heavy atom. The van der Waals surface area contributed by atoms with Crippen LogP contribution in [0, 0.1) is 12.7 Å². The molecule has 2 amide bonds. The molecule has 1 aliphatic heterocycles. The number of para-hydroxylation sites is 1. The molecule has 1 fully saturated rings. The van der Waals surface area contributed by atoms with Crippen molar-refractivity contribution < 1.29 is 18.7 Å². The number of rotatable bonds is 9. The number of carbonyl (C=O) groups is 2. The van der Waals surface area contributed by atoms with E-state index in [1.54, 1.807) is 24.1 Å². The quantitative estimate of drug-likeness (QED) is 0.413. The van der Waals surface area contributed by atoms with E-state index in [2.05, 4.69) is 4.90 Å². The fourth-order valence-corrected chi connectivity index (χ4v) is 4.51. The molecule has 6 nitrogen and oxygen atoms in total. The van der Waals surface area contributed by atoms with Gasteiger partial charge < -0.3 is 14.5 Å². The lowest BCUT2D eigenvalue weighted by Crippen LogP contribution is -2.50. The van der Waals surface area contributed by atoms with Gasteiger partial charge in [0, 0.05) is 56.9 Å². The molecule has 3 aromatic rings. The topological polar surface area (TPSA) is 53.1 Å². The number of benzene rings is 3. The number of piperazine rings is 1. The van der Waals surface area contributed by atoms with E-state index in [4.69, 9.17) is 4.74 Å². The van der Waals surface area contributed by atoms with E-state index in [1.165, 1.54) is 12.1 Å². The van der Waals surface area contributed by atoms with Crippen molar-refractivity contribution in [2.75, 3.05) is 52.9 Å². The van der Waals surface area contributed by atoms with E-state index >= 15 is 0 Å². The van der Waals surface area contributed by atoms with E-state index in [0.717, 1.165) is 16.9 Å². The first kappa shape index (κ1) is 27.1. The summed E-state index contributed by atoms with van der Waals surface area (Å²) in [5.41, 5.74) is 2.82. The summed E-state index contributed by atoms with van der Waals surface area (Å²) in [5.74, 6) is -0.0159. The van der Waals surface area contributed by atoms with Gasteiger partial charge in [-0.3, -0.25) is 14.5 Å². The maximum absolute atomic E-state index is 14.1. The number of nitrogens with zero attached hydrogens (tertiary/aromatic N) is 3. The molecular weight excluding hydrogens is 481 g/mol. The van der Waals surface area contributed by atoms with Crippen molar-refractivity contribution in [2.45, 2.75) is 6.92 Å². The van der Waals surface area contributed by atoms with E-state index in [-0.39, 0.29) is 17.4 Å². The second-order valence-electron chi connectivity index (χ2n) is 9.38. The normalized spacial score (nSPS) is 14.0. The van der Waals surface area contributed by atoms with Crippen LogP contribution in [-0.2, 0) is 0 Å². The Morgan fingerprint density at radius 2 is 1.63 bits per heavy atom. The van der Waals surface area contributed by atoms with E-state index in [1.807, 2.05) is 72.5 Å². The Labute approximate surface area is 223 Å². The highest BCUT2D eigenvalue weighted by Gasteiger charge is 2.24. The summed E-state index contributed by atoms with van der Waals surface area (Å²) in [6.45, 7) is 6.06. The van der Waals surface area contributed by atoms with Crippen LogP contribution in [-0.4, -0.2) is 79.4 Å². The van der Waals surface area contributed by atoms with Crippen LogP contribution in [0.1, 0.15) is 31.8 Å². The van der Waals surface area contributed by atoms with Gasteiger partial charge in [0.15, 0.2) is 0 Å². The Morgan fingerprint density at radius 3 is 2.34 bits per heavy atom. The molecular formula is C31H34FN3O3. The van der Waals surface area contributed by atoms with Crippen molar-refractivity contribution >= 4 is 17.9 Å². The number of halogens is 1. The van der Waals surface area contributed by atoms with Crippen LogP contribution in [0.2, 0.25) is 0 Å². The number of hydrogen-bond acceptors (Lipinski definition) is 4. The number of aryl methyl sites for hydroxylation is 1. The van der Waals surface area contributed by atoms with E-state index in [9.17, 15) is 14.0 Å². The average molecular weight is 516 g/mol. The summed E-state index contributed by atoms with van der Waals surface area (Å²) >= 11 is 0. The van der Waals surface area contributed by atoms with Crippen molar-refractivity contribution in [2.24, 2.45) is 0 Å². The first-order chi connectivity index (χ1) is 18.5. The number of methoxy groups -OCH3 is 1. The summed E-state index contributed by atoms with van der Waals surface area (Å²) in [7, 11) is 1.64. The Hall–Kier alpha value is -3.97. The molecule has 7 heteroatoms. The first-order valence-electron chi connectivity index (χ1n) is 12.9. The third-order valence-electron chi connectivity index (χ3n) is 6.80. The van der Waals surface area contributed by atoms with Gasteiger partial charge in [-0.05, 0) is 37.3 Å². The zero-order chi connectivity index (χ0) is 26.9. The highest BCUT2D eigenvalue weighted by molar-refractivity contribution is 5.95. The third kappa shape index (κ3) is 6.86. The lowest BCUT2D eigenvalue weighted by molar-refractivity contribution is 0.0606. The molecule has 0 spiro atoms. The van der Waals surface area contributed by atoms with E-state index in [0.29, 0.717) is 51.4 Å². The molecule has 198 valence electrons. The van der Waals surface area contributed by atoms with Crippen LogP contribution in [0.25, 0.3) is 6.08 Å². The summed E-state index contributed by atoms with van der Waals surface area (Å²) in [6, 6.07) is 21.5. The maximum Gasteiger partial charge on any atom is 0.256 e. The third-order valence-corrected chi connectivity index (χ3v) is 6.80. The van der Waals surface area contributed by atoms with Crippen LogP contribution < -0.4 is 4.74 Å². The lowest BCUT2D eigenvalue weighted by atomic mass is 10.1. The average Bonchev–Trinajstić information content (AvgIpc) is 2.95. The van der Waals surface area contributed by atoms with Gasteiger partial charge in [0.25, 0.3) is 11.8 Å². The van der Waals surface area contributed by atoms with Gasteiger partial charge in [0.1, 0.15) is 11.6 Å². The molecule has 0 aliphatic carbocycles. The molecule has 0 atom stereocenters. The summed E-state index contributed by atoms with van der Waals surface area (Å²) in [6.07, 6.45) is 3.95. The lowest BCUT2D eigenvalue weighted by Gasteiger charge is -2.36. The standard InChI is InChI=1S/C31H34FN3O3/c1-24-13-15-26(16-14-24)30(36)34(17-7-9-25-8-3-6-12-29(25)38-2)21-18-33-19-22-35(23-20-33)31(37)27-10-4-5-11-28(27)32/h3-16H,17-23H2,1-2H3/b9-7+. The van der Waals surface area contributed by atoms with Gasteiger partial charge in [-0.15, -0.1) is 0 Å². The van der Waals surface area contributed by atoms with Crippen molar-refractivity contribution in [3.05, 3.63) is 107 Å². The Balaban J connectivity index is 1.38. The first-order valence-corrected chi connectivity index (χ1v) is 12.9. The number of carbonyl (C=O) groups excluding carboxylic acids is 2. The fourth-order valence-electron chi connectivity index (χ4n) is 4.51. The molecule has 0 unspecified atom stereocenters. The molecule has 1 heterocycles. The predicted octanol–water partition coefficient (Wildman–Crippen LogP) is 4.76. The second-order valence-corrected chi connectivity index (χ2v) is 9.38. The predicted molar refractivity (Wildman–Crippen MR) is 148 cm³/mol. The minimum Gasteiger partial charge on any atom is -0.496 e. The molecule has 4 rings (SSSR count). The van der Waals surface area contributed by atoms with Crippen LogP contribution in [0.3, 0.4) is 0 Å². The van der Waals surface area contributed by atoms with Gasteiger partial charge >= 0.3 is 0 Å². The van der Waals surface area contributed by atoms with Crippen LogP contribution in [0.5, 0.6) is 5.75 Å². The number of amides is 2. The molecule has 0 bridgehead atoms. The highest BCUT2D eigenvalue weighted by atomic mass is 19.1.